The van der Waals surface area contributed by atoms with Crippen LogP contribution in [0.2, 0.25) is 0 Å². The number of benzene rings is 2. The zero-order valence-corrected chi connectivity index (χ0v) is 12.8. The molecule has 2 rings (SSSR count). The van der Waals surface area contributed by atoms with Gasteiger partial charge in [0, 0.05) is 11.0 Å². The first-order chi connectivity index (χ1) is 9.20. The monoisotopic (exact) mass is 319 g/mol. The topological polar surface area (TPSA) is 21.3 Å². The predicted molar refractivity (Wildman–Crippen MR) is 83.8 cm³/mol. The lowest BCUT2D eigenvalue weighted by atomic mass is 10.1. The predicted octanol–water partition coefficient (Wildman–Crippen LogP) is 4.77. The van der Waals surface area contributed by atoms with Crippen LogP contribution in [0, 0.1) is 6.92 Å². The van der Waals surface area contributed by atoms with E-state index in [1.165, 1.54) is 11.1 Å². The summed E-state index contributed by atoms with van der Waals surface area (Å²) in [6, 6.07) is 14.4. The molecule has 100 valence electrons. The fraction of sp³-hybridized carbons (Fsp3) is 0.250. The highest BCUT2D eigenvalue weighted by Crippen LogP contribution is 2.25. The molecule has 0 aliphatic heterocycles. The van der Waals surface area contributed by atoms with Crippen molar-refractivity contribution in [3.8, 4) is 5.75 Å². The largest absolute Gasteiger partial charge is 0.492 e. The molecule has 0 radical (unpaired) electrons. The third-order valence-electron chi connectivity index (χ3n) is 2.86. The molecule has 2 nitrogen and oxygen atoms in total. The summed E-state index contributed by atoms with van der Waals surface area (Å²) < 4.78 is 6.73. The third kappa shape index (κ3) is 3.74. The van der Waals surface area contributed by atoms with E-state index >= 15 is 0 Å². The molecular formula is C16H18BrNO. The summed E-state index contributed by atoms with van der Waals surface area (Å²) in [5.74, 6) is 0.897. The summed E-state index contributed by atoms with van der Waals surface area (Å²) in [5.41, 5.74) is 3.51. The van der Waals surface area contributed by atoms with Crippen molar-refractivity contribution >= 4 is 21.6 Å². The maximum Gasteiger partial charge on any atom is 0.142 e. The highest BCUT2D eigenvalue weighted by molar-refractivity contribution is 9.10. The van der Waals surface area contributed by atoms with Gasteiger partial charge in [-0.1, -0.05) is 40.2 Å². The van der Waals surface area contributed by atoms with Crippen molar-refractivity contribution in [1.82, 2.24) is 0 Å². The van der Waals surface area contributed by atoms with Crippen LogP contribution in [0.3, 0.4) is 0 Å². The second-order valence-corrected chi connectivity index (χ2v) is 5.23. The van der Waals surface area contributed by atoms with Gasteiger partial charge < -0.3 is 10.1 Å². The van der Waals surface area contributed by atoms with Gasteiger partial charge in [0.15, 0.2) is 0 Å². The van der Waals surface area contributed by atoms with E-state index in [0.29, 0.717) is 6.61 Å². The van der Waals surface area contributed by atoms with Gasteiger partial charge >= 0.3 is 0 Å². The van der Waals surface area contributed by atoms with E-state index in [1.807, 2.05) is 31.2 Å². The Morgan fingerprint density at radius 3 is 2.68 bits per heavy atom. The first-order valence-corrected chi connectivity index (χ1v) is 7.20. The second kappa shape index (κ2) is 6.62. The standard InChI is InChI=1S/C16H18BrNO/c1-3-19-16-7-5-4-6-15(16)18-11-13-9-8-12(2)10-14(13)17/h4-10,18H,3,11H2,1-2H3. The Labute approximate surface area is 122 Å². The van der Waals surface area contributed by atoms with Gasteiger partial charge in [0.2, 0.25) is 0 Å². The summed E-state index contributed by atoms with van der Waals surface area (Å²) in [7, 11) is 0. The van der Waals surface area contributed by atoms with Crippen molar-refractivity contribution in [3.05, 3.63) is 58.1 Å². The van der Waals surface area contributed by atoms with Gasteiger partial charge in [-0.3, -0.25) is 0 Å². The third-order valence-corrected chi connectivity index (χ3v) is 3.60. The van der Waals surface area contributed by atoms with Crippen LogP contribution in [0.1, 0.15) is 18.1 Å². The van der Waals surface area contributed by atoms with E-state index in [4.69, 9.17) is 4.74 Å². The lowest BCUT2D eigenvalue weighted by Crippen LogP contribution is -2.03. The number of hydrogen-bond donors (Lipinski definition) is 1. The molecule has 0 saturated heterocycles. The summed E-state index contributed by atoms with van der Waals surface area (Å²) in [4.78, 5) is 0. The van der Waals surface area contributed by atoms with Crippen LogP contribution in [0.25, 0.3) is 0 Å². The number of nitrogens with one attached hydrogen (secondary N) is 1. The summed E-state index contributed by atoms with van der Waals surface area (Å²) >= 11 is 3.60. The van der Waals surface area contributed by atoms with Crippen molar-refractivity contribution in [3.63, 3.8) is 0 Å². The van der Waals surface area contributed by atoms with Crippen LogP contribution >= 0.6 is 15.9 Å². The Hall–Kier alpha value is -1.48. The van der Waals surface area contributed by atoms with Crippen molar-refractivity contribution in [1.29, 1.82) is 0 Å². The maximum absolute atomic E-state index is 5.60. The summed E-state index contributed by atoms with van der Waals surface area (Å²) in [5, 5.41) is 3.42. The van der Waals surface area contributed by atoms with E-state index in [-0.39, 0.29) is 0 Å². The summed E-state index contributed by atoms with van der Waals surface area (Å²) in [6.45, 7) is 5.53. The first kappa shape index (κ1) is 13.9. The van der Waals surface area contributed by atoms with Gasteiger partial charge in [0.1, 0.15) is 5.75 Å². The number of anilines is 1. The Morgan fingerprint density at radius 1 is 1.16 bits per heavy atom. The van der Waals surface area contributed by atoms with Gasteiger partial charge in [-0.15, -0.1) is 0 Å². The van der Waals surface area contributed by atoms with Crippen LogP contribution in [-0.4, -0.2) is 6.61 Å². The zero-order valence-electron chi connectivity index (χ0n) is 11.2. The lowest BCUT2D eigenvalue weighted by Gasteiger charge is -2.13. The molecule has 0 aliphatic carbocycles. The highest BCUT2D eigenvalue weighted by atomic mass is 79.9. The minimum atomic E-state index is 0.674. The second-order valence-electron chi connectivity index (χ2n) is 4.38. The first-order valence-electron chi connectivity index (χ1n) is 6.41. The fourth-order valence-electron chi connectivity index (χ4n) is 1.88. The van der Waals surface area contributed by atoms with Gasteiger partial charge in [-0.25, -0.2) is 0 Å². The quantitative estimate of drug-likeness (QED) is 0.857. The molecule has 0 bridgehead atoms. The fourth-order valence-corrected chi connectivity index (χ4v) is 2.51. The molecule has 0 atom stereocenters. The van der Waals surface area contributed by atoms with Crippen molar-refractivity contribution < 1.29 is 4.74 Å². The average molecular weight is 320 g/mol. The molecular weight excluding hydrogens is 302 g/mol. The lowest BCUT2D eigenvalue weighted by molar-refractivity contribution is 0.341. The van der Waals surface area contributed by atoms with E-state index in [1.54, 1.807) is 0 Å². The highest BCUT2D eigenvalue weighted by Gasteiger charge is 2.04. The number of ether oxygens (including phenoxy) is 1. The van der Waals surface area contributed by atoms with Crippen LogP contribution in [0.15, 0.2) is 46.9 Å². The molecule has 2 aromatic carbocycles. The molecule has 0 aromatic heterocycles. The van der Waals surface area contributed by atoms with E-state index in [0.717, 1.165) is 22.5 Å². The SMILES string of the molecule is CCOc1ccccc1NCc1ccc(C)cc1Br. The molecule has 0 saturated carbocycles. The molecule has 0 spiro atoms. The summed E-state index contributed by atoms with van der Waals surface area (Å²) in [6.07, 6.45) is 0. The number of para-hydroxylation sites is 2. The van der Waals surface area contributed by atoms with Crippen molar-refractivity contribution in [2.45, 2.75) is 20.4 Å². The number of hydrogen-bond acceptors (Lipinski definition) is 2. The smallest absolute Gasteiger partial charge is 0.142 e. The minimum absolute atomic E-state index is 0.674. The molecule has 19 heavy (non-hydrogen) atoms. The molecule has 0 heterocycles. The normalized spacial score (nSPS) is 10.3. The van der Waals surface area contributed by atoms with Crippen LogP contribution in [0.4, 0.5) is 5.69 Å². The molecule has 1 N–H and O–H groups in total. The Kier molecular flexibility index (Phi) is 4.86. The molecule has 0 aliphatic rings. The van der Waals surface area contributed by atoms with Gasteiger partial charge in [0.05, 0.1) is 12.3 Å². The van der Waals surface area contributed by atoms with Gasteiger partial charge in [-0.2, -0.15) is 0 Å². The maximum atomic E-state index is 5.60. The minimum Gasteiger partial charge on any atom is -0.492 e. The van der Waals surface area contributed by atoms with Crippen LogP contribution < -0.4 is 10.1 Å². The van der Waals surface area contributed by atoms with E-state index in [9.17, 15) is 0 Å². The van der Waals surface area contributed by atoms with Gasteiger partial charge in [-0.05, 0) is 43.2 Å². The number of aryl methyl sites for hydroxylation is 1. The van der Waals surface area contributed by atoms with Crippen LogP contribution in [-0.2, 0) is 6.54 Å². The van der Waals surface area contributed by atoms with E-state index < -0.39 is 0 Å². The van der Waals surface area contributed by atoms with Crippen molar-refractivity contribution in [2.75, 3.05) is 11.9 Å². The van der Waals surface area contributed by atoms with Crippen molar-refractivity contribution in [2.24, 2.45) is 0 Å². The van der Waals surface area contributed by atoms with Crippen LogP contribution in [0.5, 0.6) is 5.75 Å². The zero-order chi connectivity index (χ0) is 13.7. The number of rotatable bonds is 5. The Bertz CT molecular complexity index is 554. The Balaban J connectivity index is 2.10. The van der Waals surface area contributed by atoms with Gasteiger partial charge in [0.25, 0.3) is 0 Å². The molecule has 0 amide bonds. The molecule has 2 aromatic rings. The van der Waals surface area contributed by atoms with E-state index in [2.05, 4.69) is 46.4 Å². The Morgan fingerprint density at radius 2 is 1.95 bits per heavy atom. The molecule has 0 unspecified atom stereocenters. The average Bonchev–Trinajstić information content (AvgIpc) is 2.40. The number of halogens is 1. The molecule has 3 heteroatoms. The molecule has 0 fully saturated rings.